The average Bonchev–Trinajstić information content (AvgIpc) is 2.03. The molecular weight excluding hydrogens is 145 g/mol. The molecule has 2 nitrogen and oxygen atoms in total. The standard InChI is InChI=1S/C8H14FNO/c9-5-6-10-7-3-1-2-4-8(7)11/h7,10H,1-6H2. The van der Waals surface area contributed by atoms with Crippen molar-refractivity contribution in [1.82, 2.24) is 5.32 Å². The van der Waals surface area contributed by atoms with Gasteiger partial charge in [-0.15, -0.1) is 0 Å². The van der Waals surface area contributed by atoms with Crippen LogP contribution in [0, 0.1) is 0 Å². The van der Waals surface area contributed by atoms with Gasteiger partial charge in [0.1, 0.15) is 12.5 Å². The van der Waals surface area contributed by atoms with Crippen molar-refractivity contribution in [2.24, 2.45) is 0 Å². The number of alkyl halides is 1. The fourth-order valence-electron chi connectivity index (χ4n) is 1.43. The molecule has 1 N–H and O–H groups in total. The first kappa shape index (κ1) is 8.65. The Hall–Kier alpha value is -0.440. The van der Waals surface area contributed by atoms with Gasteiger partial charge in [-0.3, -0.25) is 4.79 Å². The minimum atomic E-state index is -0.385. The normalized spacial score (nSPS) is 25.5. The Morgan fingerprint density at radius 2 is 2.36 bits per heavy atom. The molecule has 0 bridgehead atoms. The highest BCUT2D eigenvalue weighted by molar-refractivity contribution is 5.84. The van der Waals surface area contributed by atoms with Gasteiger partial charge in [-0.05, 0) is 12.8 Å². The van der Waals surface area contributed by atoms with E-state index in [0.717, 1.165) is 19.3 Å². The number of rotatable bonds is 3. The molecule has 1 rings (SSSR count). The van der Waals surface area contributed by atoms with Gasteiger partial charge in [0.05, 0.1) is 6.04 Å². The van der Waals surface area contributed by atoms with Gasteiger partial charge in [0, 0.05) is 13.0 Å². The number of carbonyl (C=O) groups is 1. The molecule has 0 radical (unpaired) electrons. The van der Waals surface area contributed by atoms with Crippen LogP contribution in [0.3, 0.4) is 0 Å². The van der Waals surface area contributed by atoms with Crippen molar-refractivity contribution in [2.75, 3.05) is 13.2 Å². The van der Waals surface area contributed by atoms with Crippen LogP contribution in [0.2, 0.25) is 0 Å². The summed E-state index contributed by atoms with van der Waals surface area (Å²) in [5, 5.41) is 2.90. The smallest absolute Gasteiger partial charge is 0.149 e. The Balaban J connectivity index is 2.24. The van der Waals surface area contributed by atoms with E-state index in [1.807, 2.05) is 0 Å². The lowest BCUT2D eigenvalue weighted by Gasteiger charge is -2.20. The SMILES string of the molecule is O=C1CCCCC1NCCF. The average molecular weight is 159 g/mol. The van der Waals surface area contributed by atoms with Gasteiger partial charge < -0.3 is 5.32 Å². The first-order valence-electron chi connectivity index (χ1n) is 4.16. The summed E-state index contributed by atoms with van der Waals surface area (Å²) in [6.07, 6.45) is 3.66. The van der Waals surface area contributed by atoms with E-state index < -0.39 is 0 Å². The minimum absolute atomic E-state index is 0.0560. The topological polar surface area (TPSA) is 29.1 Å². The molecule has 64 valence electrons. The van der Waals surface area contributed by atoms with Crippen LogP contribution in [0.4, 0.5) is 4.39 Å². The zero-order chi connectivity index (χ0) is 8.10. The van der Waals surface area contributed by atoms with Gasteiger partial charge in [0.15, 0.2) is 0 Å². The lowest BCUT2D eigenvalue weighted by atomic mass is 9.94. The molecule has 0 aromatic rings. The third-order valence-corrected chi connectivity index (χ3v) is 2.04. The van der Waals surface area contributed by atoms with Crippen molar-refractivity contribution in [3.8, 4) is 0 Å². The molecule has 0 aromatic heterocycles. The molecule has 1 atom stereocenters. The molecule has 0 aliphatic heterocycles. The molecular formula is C8H14FNO. The third-order valence-electron chi connectivity index (χ3n) is 2.04. The van der Waals surface area contributed by atoms with Crippen molar-refractivity contribution in [1.29, 1.82) is 0 Å². The summed E-state index contributed by atoms with van der Waals surface area (Å²) < 4.78 is 11.7. The van der Waals surface area contributed by atoms with Gasteiger partial charge in [0.25, 0.3) is 0 Å². The van der Waals surface area contributed by atoms with Gasteiger partial charge in [-0.1, -0.05) is 6.42 Å². The van der Waals surface area contributed by atoms with E-state index in [9.17, 15) is 9.18 Å². The molecule has 1 aliphatic carbocycles. The number of nitrogens with one attached hydrogen (secondary N) is 1. The van der Waals surface area contributed by atoms with Crippen LogP contribution in [-0.2, 0) is 4.79 Å². The van der Waals surface area contributed by atoms with Gasteiger partial charge in [0.2, 0.25) is 0 Å². The van der Waals surface area contributed by atoms with E-state index in [-0.39, 0.29) is 18.5 Å². The summed E-state index contributed by atoms with van der Waals surface area (Å²) in [6.45, 7) is -0.0693. The maximum absolute atomic E-state index is 11.7. The molecule has 0 amide bonds. The Kier molecular flexibility index (Phi) is 3.49. The summed E-state index contributed by atoms with van der Waals surface area (Å²) in [7, 11) is 0. The molecule has 1 fully saturated rings. The zero-order valence-electron chi connectivity index (χ0n) is 6.61. The molecule has 0 aromatic carbocycles. The Labute approximate surface area is 66.2 Å². The van der Waals surface area contributed by atoms with Gasteiger partial charge in [-0.2, -0.15) is 0 Å². The second kappa shape index (κ2) is 4.44. The molecule has 1 aliphatic rings. The van der Waals surface area contributed by atoms with Crippen LogP contribution >= 0.6 is 0 Å². The Morgan fingerprint density at radius 3 is 3.00 bits per heavy atom. The van der Waals surface area contributed by atoms with Crippen molar-refractivity contribution in [3.05, 3.63) is 0 Å². The summed E-state index contributed by atoms with van der Waals surface area (Å²) in [5.74, 6) is 0.254. The predicted octanol–water partition coefficient (Wildman–Crippen LogP) is 1.06. The number of halogens is 1. The van der Waals surface area contributed by atoms with E-state index in [1.165, 1.54) is 0 Å². The van der Waals surface area contributed by atoms with E-state index >= 15 is 0 Å². The van der Waals surface area contributed by atoms with Crippen molar-refractivity contribution in [2.45, 2.75) is 31.7 Å². The predicted molar refractivity (Wildman–Crippen MR) is 41.2 cm³/mol. The second-order valence-corrected chi connectivity index (χ2v) is 2.91. The van der Waals surface area contributed by atoms with Crippen molar-refractivity contribution < 1.29 is 9.18 Å². The molecule has 1 unspecified atom stereocenters. The van der Waals surface area contributed by atoms with Gasteiger partial charge in [-0.25, -0.2) is 4.39 Å². The van der Waals surface area contributed by atoms with Crippen molar-refractivity contribution in [3.63, 3.8) is 0 Å². The number of hydrogen-bond acceptors (Lipinski definition) is 2. The molecule has 3 heteroatoms. The van der Waals surface area contributed by atoms with Crippen LogP contribution in [0.15, 0.2) is 0 Å². The number of ketones is 1. The largest absolute Gasteiger partial charge is 0.305 e. The quantitative estimate of drug-likeness (QED) is 0.667. The van der Waals surface area contributed by atoms with E-state index in [4.69, 9.17) is 0 Å². The fraction of sp³-hybridized carbons (Fsp3) is 0.875. The Bertz CT molecular complexity index is 138. The molecule has 1 saturated carbocycles. The highest BCUT2D eigenvalue weighted by Gasteiger charge is 2.20. The lowest BCUT2D eigenvalue weighted by Crippen LogP contribution is -2.39. The van der Waals surface area contributed by atoms with Crippen LogP contribution in [0.25, 0.3) is 0 Å². The van der Waals surface area contributed by atoms with Crippen LogP contribution in [0.5, 0.6) is 0 Å². The first-order chi connectivity index (χ1) is 5.34. The van der Waals surface area contributed by atoms with Crippen LogP contribution < -0.4 is 5.32 Å². The van der Waals surface area contributed by atoms with E-state index in [0.29, 0.717) is 13.0 Å². The third kappa shape index (κ3) is 2.58. The number of carbonyl (C=O) groups excluding carboxylic acids is 1. The number of Topliss-reactive ketones (excluding diaryl/α,β-unsaturated/α-hetero) is 1. The van der Waals surface area contributed by atoms with Crippen LogP contribution in [-0.4, -0.2) is 25.0 Å². The Morgan fingerprint density at radius 1 is 1.55 bits per heavy atom. The summed E-state index contributed by atoms with van der Waals surface area (Å²) in [5.41, 5.74) is 0. The zero-order valence-corrected chi connectivity index (χ0v) is 6.61. The molecule has 0 saturated heterocycles. The fourth-order valence-corrected chi connectivity index (χ4v) is 1.43. The highest BCUT2D eigenvalue weighted by Crippen LogP contribution is 2.13. The monoisotopic (exact) mass is 159 g/mol. The lowest BCUT2D eigenvalue weighted by molar-refractivity contribution is -0.122. The first-order valence-corrected chi connectivity index (χ1v) is 4.16. The van der Waals surface area contributed by atoms with E-state index in [1.54, 1.807) is 0 Å². The van der Waals surface area contributed by atoms with Crippen LogP contribution in [0.1, 0.15) is 25.7 Å². The van der Waals surface area contributed by atoms with Crippen molar-refractivity contribution >= 4 is 5.78 Å². The maximum atomic E-state index is 11.7. The maximum Gasteiger partial charge on any atom is 0.149 e. The summed E-state index contributed by atoms with van der Waals surface area (Å²) in [6, 6.07) is -0.0560. The summed E-state index contributed by atoms with van der Waals surface area (Å²) in [4.78, 5) is 11.1. The molecule has 0 spiro atoms. The number of hydrogen-bond donors (Lipinski definition) is 1. The summed E-state index contributed by atoms with van der Waals surface area (Å²) >= 11 is 0. The molecule has 0 heterocycles. The molecule has 11 heavy (non-hydrogen) atoms. The van der Waals surface area contributed by atoms with E-state index in [2.05, 4.69) is 5.32 Å². The second-order valence-electron chi connectivity index (χ2n) is 2.91. The van der Waals surface area contributed by atoms with Gasteiger partial charge >= 0.3 is 0 Å². The highest BCUT2D eigenvalue weighted by atomic mass is 19.1. The minimum Gasteiger partial charge on any atom is -0.305 e.